The molecule has 0 radical (unpaired) electrons. The molecule has 2 amide bonds. The lowest BCUT2D eigenvalue weighted by Crippen LogP contribution is -2.47. The van der Waals surface area contributed by atoms with E-state index in [1.807, 2.05) is 0 Å². The Hall–Kier alpha value is -1.51. The first-order valence-electron chi connectivity index (χ1n) is 6.84. The Morgan fingerprint density at radius 1 is 1.08 bits per heavy atom. The molecule has 126 valence electrons. The van der Waals surface area contributed by atoms with Crippen LogP contribution < -0.4 is 15.6 Å². The Morgan fingerprint density at radius 3 is 2.38 bits per heavy atom. The van der Waals surface area contributed by atoms with E-state index >= 15 is 0 Å². The Labute approximate surface area is 162 Å². The molecule has 0 aromatic heterocycles. The molecule has 0 spiro atoms. The number of amides is 2. The SMILES string of the molecule is CC(Oc1ccc(Cl)cc1Cl)C(=O)NNC(=O)c1ccc(I)cc1. The van der Waals surface area contributed by atoms with Gasteiger partial charge in [0, 0.05) is 14.2 Å². The maximum Gasteiger partial charge on any atom is 0.279 e. The molecular formula is C16H13Cl2IN2O3. The van der Waals surface area contributed by atoms with Gasteiger partial charge in [-0.3, -0.25) is 20.4 Å². The van der Waals surface area contributed by atoms with Gasteiger partial charge in [0.1, 0.15) is 5.75 Å². The molecule has 0 fully saturated rings. The van der Waals surface area contributed by atoms with Crippen LogP contribution in [0.25, 0.3) is 0 Å². The molecule has 8 heteroatoms. The third kappa shape index (κ3) is 5.25. The predicted molar refractivity (Wildman–Crippen MR) is 101 cm³/mol. The highest BCUT2D eigenvalue weighted by Crippen LogP contribution is 2.28. The topological polar surface area (TPSA) is 67.4 Å². The zero-order chi connectivity index (χ0) is 17.7. The summed E-state index contributed by atoms with van der Waals surface area (Å²) in [6.07, 6.45) is -0.860. The summed E-state index contributed by atoms with van der Waals surface area (Å²) in [5, 5.41) is 0.763. The van der Waals surface area contributed by atoms with E-state index in [9.17, 15) is 9.59 Å². The van der Waals surface area contributed by atoms with Crippen LogP contribution in [-0.2, 0) is 4.79 Å². The lowest BCUT2D eigenvalue weighted by Gasteiger charge is -2.16. The summed E-state index contributed by atoms with van der Waals surface area (Å²) in [7, 11) is 0. The van der Waals surface area contributed by atoms with Crippen molar-refractivity contribution in [2.45, 2.75) is 13.0 Å². The monoisotopic (exact) mass is 478 g/mol. The van der Waals surface area contributed by atoms with E-state index in [0.29, 0.717) is 21.4 Å². The highest BCUT2D eigenvalue weighted by Gasteiger charge is 2.17. The Morgan fingerprint density at radius 2 is 1.75 bits per heavy atom. The van der Waals surface area contributed by atoms with E-state index in [1.54, 1.807) is 36.4 Å². The fourth-order valence-electron chi connectivity index (χ4n) is 1.71. The van der Waals surface area contributed by atoms with E-state index < -0.39 is 17.9 Å². The van der Waals surface area contributed by atoms with Crippen molar-refractivity contribution in [2.75, 3.05) is 0 Å². The minimum absolute atomic E-state index is 0.296. The second-order valence-corrected chi connectivity index (χ2v) is 6.87. The van der Waals surface area contributed by atoms with Gasteiger partial charge >= 0.3 is 0 Å². The highest BCUT2D eigenvalue weighted by molar-refractivity contribution is 14.1. The van der Waals surface area contributed by atoms with Crippen LogP contribution in [0, 0.1) is 3.57 Å². The first-order chi connectivity index (χ1) is 11.4. The summed E-state index contributed by atoms with van der Waals surface area (Å²) in [5.41, 5.74) is 5.08. The molecule has 0 heterocycles. The number of benzene rings is 2. The van der Waals surface area contributed by atoms with Crippen LogP contribution in [-0.4, -0.2) is 17.9 Å². The summed E-state index contributed by atoms with van der Waals surface area (Å²) < 4.78 is 6.47. The van der Waals surface area contributed by atoms with Crippen LogP contribution >= 0.6 is 45.8 Å². The Kier molecular flexibility index (Phi) is 6.70. The van der Waals surface area contributed by atoms with Crippen LogP contribution in [0.2, 0.25) is 10.0 Å². The van der Waals surface area contributed by atoms with E-state index in [4.69, 9.17) is 27.9 Å². The summed E-state index contributed by atoms with van der Waals surface area (Å²) in [6, 6.07) is 11.6. The fourth-order valence-corrected chi connectivity index (χ4v) is 2.52. The number of hydrogen-bond donors (Lipinski definition) is 2. The van der Waals surface area contributed by atoms with Crippen molar-refractivity contribution < 1.29 is 14.3 Å². The van der Waals surface area contributed by atoms with Gasteiger partial charge in [0.15, 0.2) is 6.10 Å². The van der Waals surface area contributed by atoms with Crippen molar-refractivity contribution >= 4 is 57.6 Å². The molecule has 2 aromatic carbocycles. The van der Waals surface area contributed by atoms with Gasteiger partial charge in [0.05, 0.1) is 5.02 Å². The number of carbonyl (C=O) groups excluding carboxylic acids is 2. The molecule has 1 atom stereocenters. The predicted octanol–water partition coefficient (Wildman–Crippen LogP) is 3.83. The molecule has 0 aliphatic carbocycles. The van der Waals surface area contributed by atoms with Crippen LogP contribution in [0.4, 0.5) is 0 Å². The molecule has 0 aliphatic heterocycles. The van der Waals surface area contributed by atoms with Crippen LogP contribution in [0.1, 0.15) is 17.3 Å². The second-order valence-electron chi connectivity index (χ2n) is 4.79. The van der Waals surface area contributed by atoms with Crippen molar-refractivity contribution in [2.24, 2.45) is 0 Å². The molecule has 0 saturated heterocycles. The molecule has 2 rings (SSSR count). The van der Waals surface area contributed by atoms with Crippen molar-refractivity contribution in [1.29, 1.82) is 0 Å². The van der Waals surface area contributed by atoms with E-state index in [1.165, 1.54) is 13.0 Å². The maximum atomic E-state index is 12.0. The van der Waals surface area contributed by atoms with Crippen molar-refractivity contribution in [3.05, 3.63) is 61.6 Å². The summed E-state index contributed by atoms with van der Waals surface area (Å²) in [5.74, 6) is -0.607. The van der Waals surface area contributed by atoms with E-state index in [-0.39, 0.29) is 0 Å². The van der Waals surface area contributed by atoms with E-state index in [2.05, 4.69) is 33.4 Å². The molecule has 1 unspecified atom stereocenters. The number of hydrazine groups is 1. The van der Waals surface area contributed by atoms with Gasteiger partial charge < -0.3 is 4.74 Å². The van der Waals surface area contributed by atoms with Gasteiger partial charge in [-0.15, -0.1) is 0 Å². The van der Waals surface area contributed by atoms with Crippen molar-refractivity contribution in [1.82, 2.24) is 10.9 Å². The van der Waals surface area contributed by atoms with Crippen molar-refractivity contribution in [3.8, 4) is 5.75 Å². The minimum Gasteiger partial charge on any atom is -0.479 e. The van der Waals surface area contributed by atoms with Gasteiger partial charge in [-0.1, -0.05) is 23.2 Å². The quantitative estimate of drug-likeness (QED) is 0.518. The number of halogens is 3. The highest BCUT2D eigenvalue weighted by atomic mass is 127. The number of rotatable bonds is 4. The normalized spacial score (nSPS) is 11.5. The zero-order valence-corrected chi connectivity index (χ0v) is 16.1. The Balaban J connectivity index is 1.89. The van der Waals surface area contributed by atoms with Gasteiger partial charge in [-0.2, -0.15) is 0 Å². The number of nitrogens with one attached hydrogen (secondary N) is 2. The maximum absolute atomic E-state index is 12.0. The molecule has 0 aliphatic rings. The summed E-state index contributed by atoms with van der Waals surface area (Å²) in [4.78, 5) is 23.9. The largest absolute Gasteiger partial charge is 0.479 e. The smallest absolute Gasteiger partial charge is 0.279 e. The number of ether oxygens (including phenoxy) is 1. The first kappa shape index (κ1) is 18.8. The van der Waals surface area contributed by atoms with Gasteiger partial charge in [-0.25, -0.2) is 0 Å². The van der Waals surface area contributed by atoms with Crippen LogP contribution in [0.3, 0.4) is 0 Å². The standard InChI is InChI=1S/C16H13Cl2IN2O3/c1-9(24-14-7-4-11(17)8-13(14)18)15(22)20-21-16(23)10-2-5-12(19)6-3-10/h2-9H,1H3,(H,20,22)(H,21,23). The lowest BCUT2D eigenvalue weighted by molar-refractivity contribution is -0.128. The zero-order valence-electron chi connectivity index (χ0n) is 12.5. The molecule has 24 heavy (non-hydrogen) atoms. The molecule has 0 saturated carbocycles. The molecular weight excluding hydrogens is 466 g/mol. The molecule has 5 nitrogen and oxygen atoms in total. The number of carbonyl (C=O) groups is 2. The van der Waals surface area contributed by atoms with Crippen molar-refractivity contribution in [3.63, 3.8) is 0 Å². The second kappa shape index (κ2) is 8.55. The Bertz CT molecular complexity index is 753. The third-order valence-electron chi connectivity index (χ3n) is 2.97. The molecule has 0 bridgehead atoms. The molecule has 2 N–H and O–H groups in total. The van der Waals surface area contributed by atoms with Gasteiger partial charge in [-0.05, 0) is 72.0 Å². The van der Waals surface area contributed by atoms with E-state index in [0.717, 1.165) is 3.57 Å². The van der Waals surface area contributed by atoms with Gasteiger partial charge in [0.25, 0.3) is 11.8 Å². The summed E-state index contributed by atoms with van der Waals surface area (Å²) in [6.45, 7) is 1.54. The third-order valence-corrected chi connectivity index (χ3v) is 4.22. The molecule has 2 aromatic rings. The number of hydrogen-bond acceptors (Lipinski definition) is 3. The average molecular weight is 479 g/mol. The van der Waals surface area contributed by atoms with Crippen LogP contribution in [0.15, 0.2) is 42.5 Å². The van der Waals surface area contributed by atoms with Gasteiger partial charge in [0.2, 0.25) is 0 Å². The first-order valence-corrected chi connectivity index (χ1v) is 8.68. The minimum atomic E-state index is -0.860. The fraction of sp³-hybridized carbons (Fsp3) is 0.125. The van der Waals surface area contributed by atoms with Crippen LogP contribution in [0.5, 0.6) is 5.75 Å². The average Bonchev–Trinajstić information content (AvgIpc) is 2.55. The lowest BCUT2D eigenvalue weighted by atomic mass is 10.2. The summed E-state index contributed by atoms with van der Waals surface area (Å²) >= 11 is 13.9.